The molecule has 144 valence electrons. The lowest BCUT2D eigenvalue weighted by atomic mass is 9.79. The zero-order chi connectivity index (χ0) is 19.4. The monoisotopic (exact) mass is 451 g/mol. The second-order valence-electron chi connectivity index (χ2n) is 6.22. The van der Waals surface area contributed by atoms with Crippen molar-refractivity contribution < 1.29 is 19.1 Å². The Labute approximate surface area is 172 Å². The number of ether oxygens (including phenoxy) is 2. The third-order valence-electron chi connectivity index (χ3n) is 4.74. The van der Waals surface area contributed by atoms with Crippen LogP contribution in [0.25, 0.3) is 0 Å². The molecule has 0 saturated carbocycles. The largest absolute Gasteiger partial charge is 0.497 e. The average Bonchev–Trinajstić information content (AvgIpc) is 3.08. The molecule has 0 spiro atoms. The molecule has 0 bridgehead atoms. The van der Waals surface area contributed by atoms with Crippen molar-refractivity contribution in [3.63, 3.8) is 0 Å². The molecule has 0 amide bonds. The Kier molecular flexibility index (Phi) is 6.47. The molecule has 0 aromatic heterocycles. The summed E-state index contributed by atoms with van der Waals surface area (Å²) in [5, 5.41) is 1.89. The summed E-state index contributed by atoms with van der Waals surface area (Å²) in [6, 6.07) is 16.0. The van der Waals surface area contributed by atoms with Gasteiger partial charge in [0.1, 0.15) is 11.3 Å². The van der Waals surface area contributed by atoms with Crippen molar-refractivity contribution in [2.24, 2.45) is 0 Å². The minimum absolute atomic E-state index is 0.369. The fourth-order valence-corrected chi connectivity index (χ4v) is 4.38. The minimum Gasteiger partial charge on any atom is -0.497 e. The van der Waals surface area contributed by atoms with Gasteiger partial charge in [-0.05, 0) is 41.6 Å². The Morgan fingerprint density at radius 1 is 1.26 bits per heavy atom. The van der Waals surface area contributed by atoms with Crippen molar-refractivity contribution in [2.75, 3.05) is 26.4 Å². The van der Waals surface area contributed by atoms with E-state index in [0.717, 1.165) is 21.3 Å². The first-order valence-electron chi connectivity index (χ1n) is 8.47. The summed E-state index contributed by atoms with van der Waals surface area (Å²) in [6.45, 7) is 0. The zero-order valence-electron chi connectivity index (χ0n) is 15.5. The Bertz CT molecular complexity index is 801. The highest BCUT2D eigenvalue weighted by Crippen LogP contribution is 2.47. The molecule has 1 heterocycles. The van der Waals surface area contributed by atoms with E-state index in [1.54, 1.807) is 18.9 Å². The van der Waals surface area contributed by atoms with E-state index in [0.29, 0.717) is 12.3 Å². The number of carbonyl (C=O) groups excluding carboxylic acids is 1. The molecule has 5 nitrogen and oxygen atoms in total. The second kappa shape index (κ2) is 8.65. The number of rotatable bonds is 6. The van der Waals surface area contributed by atoms with Gasteiger partial charge in [-0.3, -0.25) is 4.84 Å². The number of esters is 1. The van der Waals surface area contributed by atoms with Gasteiger partial charge in [-0.2, -0.15) is 5.06 Å². The zero-order valence-corrected chi connectivity index (χ0v) is 17.9. The number of halogens is 1. The van der Waals surface area contributed by atoms with Gasteiger partial charge >= 0.3 is 5.97 Å². The second-order valence-corrected chi connectivity index (χ2v) is 7.97. The van der Waals surface area contributed by atoms with Gasteiger partial charge < -0.3 is 9.47 Å². The van der Waals surface area contributed by atoms with Crippen LogP contribution in [0.1, 0.15) is 17.5 Å². The van der Waals surface area contributed by atoms with E-state index in [2.05, 4.69) is 28.1 Å². The number of carbonyl (C=O) groups is 1. The summed E-state index contributed by atoms with van der Waals surface area (Å²) in [7, 11) is 3.03. The van der Waals surface area contributed by atoms with Crippen LogP contribution in [0.15, 0.2) is 53.0 Å². The van der Waals surface area contributed by atoms with Crippen LogP contribution < -0.4 is 4.74 Å². The van der Waals surface area contributed by atoms with Crippen molar-refractivity contribution in [3.8, 4) is 5.75 Å². The standard InChI is InChI=1S/C20H22BrNO4S/c1-24-17-9-7-14(8-10-17)20(15-5-4-6-16(21)11-15)12-18(19(23)25-2)26-22(20)13-27-3/h4-11,18H,12-13H2,1-3H3. The van der Waals surface area contributed by atoms with Crippen LogP contribution in [-0.2, 0) is 19.9 Å². The molecular formula is C20H22BrNO4S. The van der Waals surface area contributed by atoms with Crippen molar-refractivity contribution in [3.05, 3.63) is 64.1 Å². The molecule has 0 N–H and O–H groups in total. The minimum atomic E-state index is -0.664. The lowest BCUT2D eigenvalue weighted by molar-refractivity contribution is -0.189. The quantitative estimate of drug-likeness (QED) is 0.613. The number of nitrogens with zero attached hydrogens (tertiary/aromatic N) is 1. The van der Waals surface area contributed by atoms with Gasteiger partial charge in [-0.25, -0.2) is 4.79 Å². The number of hydroxylamine groups is 2. The van der Waals surface area contributed by atoms with Crippen LogP contribution in [0, 0.1) is 0 Å². The molecule has 0 radical (unpaired) electrons. The summed E-state index contributed by atoms with van der Waals surface area (Å²) in [5.41, 5.74) is 1.46. The van der Waals surface area contributed by atoms with Crippen molar-refractivity contribution >= 4 is 33.7 Å². The van der Waals surface area contributed by atoms with Crippen LogP contribution in [0.2, 0.25) is 0 Å². The first-order chi connectivity index (χ1) is 13.0. The van der Waals surface area contributed by atoms with Gasteiger partial charge in [0.05, 0.1) is 20.1 Å². The fourth-order valence-electron chi connectivity index (χ4n) is 3.47. The molecule has 7 heteroatoms. The fraction of sp³-hybridized carbons (Fsp3) is 0.350. The molecule has 1 fully saturated rings. The number of hydrogen-bond acceptors (Lipinski definition) is 6. The molecule has 1 saturated heterocycles. The third kappa shape index (κ3) is 3.87. The topological polar surface area (TPSA) is 48.0 Å². The lowest BCUT2D eigenvalue weighted by Gasteiger charge is -2.37. The molecule has 2 aromatic carbocycles. The summed E-state index contributed by atoms with van der Waals surface area (Å²) in [6.07, 6.45) is 1.81. The smallest absolute Gasteiger partial charge is 0.337 e. The summed E-state index contributed by atoms with van der Waals surface area (Å²) in [4.78, 5) is 18.3. The third-order valence-corrected chi connectivity index (χ3v) is 5.73. The van der Waals surface area contributed by atoms with Gasteiger partial charge in [-0.1, -0.05) is 40.2 Å². The molecule has 2 atom stereocenters. The van der Waals surface area contributed by atoms with Crippen molar-refractivity contribution in [1.82, 2.24) is 5.06 Å². The number of hydrogen-bond donors (Lipinski definition) is 0. The molecule has 3 rings (SSSR count). The highest BCUT2D eigenvalue weighted by molar-refractivity contribution is 9.10. The van der Waals surface area contributed by atoms with E-state index in [1.807, 2.05) is 47.7 Å². The average molecular weight is 452 g/mol. The van der Waals surface area contributed by atoms with Crippen LogP contribution in [0.4, 0.5) is 0 Å². The highest BCUT2D eigenvalue weighted by Gasteiger charge is 2.52. The predicted octanol–water partition coefficient (Wildman–Crippen LogP) is 4.20. The Balaban J connectivity index is 2.17. The molecule has 1 aliphatic heterocycles. The predicted molar refractivity (Wildman–Crippen MR) is 110 cm³/mol. The van der Waals surface area contributed by atoms with Crippen LogP contribution in [-0.4, -0.2) is 43.5 Å². The van der Waals surface area contributed by atoms with Gasteiger partial charge in [0.15, 0.2) is 6.10 Å². The van der Waals surface area contributed by atoms with Gasteiger partial charge in [0.2, 0.25) is 0 Å². The van der Waals surface area contributed by atoms with Crippen molar-refractivity contribution in [2.45, 2.75) is 18.1 Å². The maximum atomic E-state index is 12.3. The van der Waals surface area contributed by atoms with Crippen LogP contribution >= 0.6 is 27.7 Å². The Morgan fingerprint density at radius 3 is 2.59 bits per heavy atom. The van der Waals surface area contributed by atoms with Crippen molar-refractivity contribution in [1.29, 1.82) is 0 Å². The maximum absolute atomic E-state index is 12.3. The molecule has 2 unspecified atom stereocenters. The van der Waals surface area contributed by atoms with Gasteiger partial charge in [0.25, 0.3) is 0 Å². The van der Waals surface area contributed by atoms with Crippen LogP contribution in [0.3, 0.4) is 0 Å². The highest BCUT2D eigenvalue weighted by atomic mass is 79.9. The molecular weight excluding hydrogens is 430 g/mol. The number of methoxy groups -OCH3 is 2. The summed E-state index contributed by atoms with van der Waals surface area (Å²) in [5.74, 6) is 1.01. The number of benzene rings is 2. The van der Waals surface area contributed by atoms with E-state index in [9.17, 15) is 4.79 Å². The van der Waals surface area contributed by atoms with Gasteiger partial charge in [0, 0.05) is 10.9 Å². The molecule has 1 aliphatic rings. The van der Waals surface area contributed by atoms with E-state index in [-0.39, 0.29) is 5.97 Å². The summed E-state index contributed by atoms with van der Waals surface area (Å²) >= 11 is 5.21. The normalized spacial score (nSPS) is 22.6. The van der Waals surface area contributed by atoms with Gasteiger partial charge in [-0.15, -0.1) is 11.8 Å². The molecule has 2 aromatic rings. The Morgan fingerprint density at radius 2 is 2.00 bits per heavy atom. The summed E-state index contributed by atoms with van der Waals surface area (Å²) < 4.78 is 11.2. The van der Waals surface area contributed by atoms with E-state index in [1.165, 1.54) is 7.11 Å². The van der Waals surface area contributed by atoms with E-state index >= 15 is 0 Å². The Hall–Kier alpha value is -1.54. The first-order valence-corrected chi connectivity index (χ1v) is 10.7. The SMILES string of the molecule is COC(=O)C1CC(c2ccc(OC)cc2)(c2cccc(Br)c2)N(CSC)O1. The van der Waals surface area contributed by atoms with E-state index < -0.39 is 11.6 Å². The maximum Gasteiger partial charge on any atom is 0.337 e. The number of thioether (sulfide) groups is 1. The lowest BCUT2D eigenvalue weighted by Crippen LogP contribution is -2.41. The molecule has 0 aliphatic carbocycles. The first kappa shape index (κ1) is 20.2. The van der Waals surface area contributed by atoms with E-state index in [4.69, 9.17) is 14.3 Å². The van der Waals surface area contributed by atoms with Crippen LogP contribution in [0.5, 0.6) is 5.75 Å². The molecule has 27 heavy (non-hydrogen) atoms.